The number of anilines is 2. The minimum absolute atomic E-state index is 0.455. The highest BCUT2D eigenvalue weighted by Gasteiger charge is 2.08. The monoisotopic (exact) mass is 193 g/mol. The van der Waals surface area contributed by atoms with E-state index in [9.17, 15) is 9.59 Å². The van der Waals surface area contributed by atoms with Crippen molar-refractivity contribution in [3.63, 3.8) is 0 Å². The largest absolute Gasteiger partial charge is 0.398 e. The van der Waals surface area contributed by atoms with Crippen LogP contribution in [0.4, 0.5) is 11.4 Å². The van der Waals surface area contributed by atoms with Gasteiger partial charge in [-0.15, -0.1) is 0 Å². The van der Waals surface area contributed by atoms with Gasteiger partial charge in [-0.25, -0.2) is 0 Å². The van der Waals surface area contributed by atoms with E-state index in [2.05, 4.69) is 5.32 Å². The van der Waals surface area contributed by atoms with E-state index in [0.29, 0.717) is 11.4 Å². The first-order valence-electron chi connectivity index (χ1n) is 3.97. The number of hydrogen-bond acceptors (Lipinski definition) is 3. The molecule has 0 aliphatic carbocycles. The lowest BCUT2D eigenvalue weighted by Crippen LogP contribution is -2.29. The molecule has 14 heavy (non-hydrogen) atoms. The van der Waals surface area contributed by atoms with Crippen LogP contribution in [0.25, 0.3) is 0 Å². The lowest BCUT2D eigenvalue weighted by atomic mass is 10.2. The summed E-state index contributed by atoms with van der Waals surface area (Å²) in [4.78, 5) is 21.3. The Hall–Kier alpha value is -2.04. The third kappa shape index (κ3) is 2.22. The van der Waals surface area contributed by atoms with Gasteiger partial charge in [0.1, 0.15) is 0 Å². The Balaban J connectivity index is 2.83. The molecule has 0 saturated heterocycles. The first-order valence-corrected chi connectivity index (χ1v) is 3.97. The molecule has 5 heteroatoms. The highest BCUT2D eigenvalue weighted by molar-refractivity contribution is 6.39. The van der Waals surface area contributed by atoms with Crippen molar-refractivity contribution in [2.75, 3.05) is 11.1 Å². The van der Waals surface area contributed by atoms with Gasteiger partial charge in [-0.05, 0) is 24.6 Å². The van der Waals surface area contributed by atoms with E-state index in [-0.39, 0.29) is 0 Å². The van der Waals surface area contributed by atoms with Crippen LogP contribution in [-0.4, -0.2) is 11.8 Å². The molecule has 5 N–H and O–H groups in total. The third-order valence-corrected chi connectivity index (χ3v) is 1.76. The molecular formula is C9H11N3O2. The molecule has 0 bridgehead atoms. The molecule has 1 rings (SSSR count). The number of nitrogens with two attached hydrogens (primary N) is 2. The Morgan fingerprint density at radius 3 is 2.50 bits per heavy atom. The van der Waals surface area contributed by atoms with E-state index in [0.717, 1.165) is 5.56 Å². The summed E-state index contributed by atoms with van der Waals surface area (Å²) in [7, 11) is 0. The van der Waals surface area contributed by atoms with Gasteiger partial charge in [0.05, 0.1) is 0 Å². The van der Waals surface area contributed by atoms with E-state index in [1.54, 1.807) is 18.2 Å². The smallest absolute Gasteiger partial charge is 0.313 e. The number of nitrogen functional groups attached to an aromatic ring is 1. The zero-order valence-electron chi connectivity index (χ0n) is 7.70. The van der Waals surface area contributed by atoms with Gasteiger partial charge < -0.3 is 16.8 Å². The minimum Gasteiger partial charge on any atom is -0.398 e. The van der Waals surface area contributed by atoms with E-state index >= 15 is 0 Å². The molecule has 0 aliphatic heterocycles. The molecule has 1 aromatic rings. The summed E-state index contributed by atoms with van der Waals surface area (Å²) in [5.74, 6) is -1.88. The predicted octanol–water partition coefficient (Wildman–Crippen LogP) is 0.00102. The van der Waals surface area contributed by atoms with Crippen LogP contribution in [0.15, 0.2) is 18.2 Å². The van der Waals surface area contributed by atoms with Gasteiger partial charge in [-0.3, -0.25) is 9.59 Å². The second-order valence-electron chi connectivity index (χ2n) is 2.89. The van der Waals surface area contributed by atoms with Crippen molar-refractivity contribution in [3.05, 3.63) is 23.8 Å². The zero-order valence-corrected chi connectivity index (χ0v) is 7.70. The molecule has 0 unspecified atom stereocenters. The number of carbonyl (C=O) groups is 2. The number of aryl methyl sites for hydroxylation is 1. The summed E-state index contributed by atoms with van der Waals surface area (Å²) in [5.41, 5.74) is 12.3. The Bertz CT molecular complexity index is 388. The van der Waals surface area contributed by atoms with Gasteiger partial charge in [0.15, 0.2) is 0 Å². The van der Waals surface area contributed by atoms with Crippen LogP contribution < -0.4 is 16.8 Å². The predicted molar refractivity (Wildman–Crippen MR) is 53.4 cm³/mol. The van der Waals surface area contributed by atoms with Crippen LogP contribution in [0.1, 0.15) is 5.56 Å². The van der Waals surface area contributed by atoms with Crippen LogP contribution in [0.2, 0.25) is 0 Å². The van der Waals surface area contributed by atoms with Gasteiger partial charge in [0.25, 0.3) is 0 Å². The molecule has 0 saturated carbocycles. The molecule has 2 amide bonds. The average Bonchev–Trinajstić information content (AvgIpc) is 2.11. The molecular weight excluding hydrogens is 182 g/mol. The summed E-state index contributed by atoms with van der Waals surface area (Å²) >= 11 is 0. The second-order valence-corrected chi connectivity index (χ2v) is 2.89. The van der Waals surface area contributed by atoms with Crippen LogP contribution in [0, 0.1) is 6.92 Å². The third-order valence-electron chi connectivity index (χ3n) is 1.76. The Labute approximate surface area is 81.1 Å². The van der Waals surface area contributed by atoms with Crippen LogP contribution in [0.5, 0.6) is 0 Å². The molecule has 1 aromatic carbocycles. The summed E-state index contributed by atoms with van der Waals surface area (Å²) < 4.78 is 0. The molecule has 5 nitrogen and oxygen atoms in total. The fourth-order valence-corrected chi connectivity index (χ4v) is 0.911. The number of rotatable bonds is 1. The van der Waals surface area contributed by atoms with E-state index in [4.69, 9.17) is 11.5 Å². The molecule has 0 fully saturated rings. The number of primary amides is 1. The van der Waals surface area contributed by atoms with Gasteiger partial charge >= 0.3 is 11.8 Å². The van der Waals surface area contributed by atoms with Crippen LogP contribution in [-0.2, 0) is 9.59 Å². The van der Waals surface area contributed by atoms with Crippen molar-refractivity contribution in [1.82, 2.24) is 0 Å². The maximum absolute atomic E-state index is 10.9. The van der Waals surface area contributed by atoms with Crippen molar-refractivity contribution in [1.29, 1.82) is 0 Å². The quantitative estimate of drug-likeness (QED) is 0.432. The fourth-order valence-electron chi connectivity index (χ4n) is 0.911. The summed E-state index contributed by atoms with van der Waals surface area (Å²) in [6.45, 7) is 1.84. The molecule has 0 aliphatic rings. The van der Waals surface area contributed by atoms with E-state index in [1.165, 1.54) is 0 Å². The summed E-state index contributed by atoms with van der Waals surface area (Å²) in [6, 6.07) is 4.95. The van der Waals surface area contributed by atoms with Gasteiger partial charge in [-0.2, -0.15) is 0 Å². The van der Waals surface area contributed by atoms with Crippen molar-refractivity contribution in [3.8, 4) is 0 Å². The number of hydrogen-bond donors (Lipinski definition) is 3. The molecule has 74 valence electrons. The van der Waals surface area contributed by atoms with Crippen molar-refractivity contribution >= 4 is 23.2 Å². The number of amides is 2. The molecule has 0 heterocycles. The van der Waals surface area contributed by atoms with Gasteiger partial charge in [-0.1, -0.05) is 6.07 Å². The highest BCUT2D eigenvalue weighted by Crippen LogP contribution is 2.16. The number of benzene rings is 1. The maximum Gasteiger partial charge on any atom is 0.313 e. The average molecular weight is 193 g/mol. The lowest BCUT2D eigenvalue weighted by Gasteiger charge is -2.05. The SMILES string of the molecule is Cc1ccc(NC(=O)C(N)=O)cc1N. The first-order chi connectivity index (χ1) is 6.50. The number of nitrogens with one attached hydrogen (secondary N) is 1. The van der Waals surface area contributed by atoms with E-state index in [1.807, 2.05) is 6.92 Å². The normalized spacial score (nSPS) is 9.50. The molecule has 0 radical (unpaired) electrons. The van der Waals surface area contributed by atoms with E-state index < -0.39 is 11.8 Å². The zero-order chi connectivity index (χ0) is 10.7. The van der Waals surface area contributed by atoms with Crippen LogP contribution in [0.3, 0.4) is 0 Å². The standard InChI is InChI=1S/C9H11N3O2/c1-5-2-3-6(4-7(5)10)12-9(14)8(11)13/h2-4H,10H2,1H3,(H2,11,13)(H,12,14). The van der Waals surface area contributed by atoms with Crippen molar-refractivity contribution < 1.29 is 9.59 Å². The first kappa shape index (κ1) is 10.0. The van der Waals surface area contributed by atoms with Crippen molar-refractivity contribution in [2.24, 2.45) is 5.73 Å². The molecule has 0 spiro atoms. The number of carbonyl (C=O) groups excluding carboxylic acids is 2. The minimum atomic E-state index is -1.02. The maximum atomic E-state index is 10.9. The highest BCUT2D eigenvalue weighted by atomic mass is 16.2. The fraction of sp³-hybridized carbons (Fsp3) is 0.111. The van der Waals surface area contributed by atoms with Crippen molar-refractivity contribution in [2.45, 2.75) is 6.92 Å². The second kappa shape index (κ2) is 3.78. The molecule has 0 atom stereocenters. The summed E-state index contributed by atoms with van der Waals surface area (Å²) in [5, 5.41) is 2.32. The Morgan fingerprint density at radius 1 is 1.36 bits per heavy atom. The van der Waals surface area contributed by atoms with Gasteiger partial charge in [0, 0.05) is 11.4 Å². The summed E-state index contributed by atoms with van der Waals surface area (Å²) in [6.07, 6.45) is 0. The topological polar surface area (TPSA) is 98.2 Å². The molecule has 0 aromatic heterocycles. The lowest BCUT2D eigenvalue weighted by molar-refractivity contribution is -0.134. The Morgan fingerprint density at radius 2 is 2.00 bits per heavy atom. The Kier molecular flexibility index (Phi) is 2.71. The van der Waals surface area contributed by atoms with Gasteiger partial charge in [0.2, 0.25) is 0 Å². The van der Waals surface area contributed by atoms with Crippen LogP contribution >= 0.6 is 0 Å².